The van der Waals surface area contributed by atoms with Crippen molar-refractivity contribution in [3.05, 3.63) is 77.9 Å². The molecule has 2 aromatic carbocycles. The number of carboxylic acid groups (broad SMARTS) is 2. The first-order valence-electron chi connectivity index (χ1n) is 37.8. The monoisotopic (exact) mass is 1610 g/mol. The van der Waals surface area contributed by atoms with E-state index in [1.54, 1.807) is 90.7 Å². The second-order valence-corrected chi connectivity index (χ2v) is 29.9. The van der Waals surface area contributed by atoms with Crippen LogP contribution in [0.4, 0.5) is 10.5 Å². The first-order chi connectivity index (χ1) is 53.8. The Kier molecular flexibility index (Phi) is 35.7. The lowest BCUT2D eigenvalue weighted by atomic mass is 9.89. The normalized spacial score (nSPS) is 24.2. The van der Waals surface area contributed by atoms with Gasteiger partial charge in [-0.1, -0.05) is 111 Å². The van der Waals surface area contributed by atoms with Crippen molar-refractivity contribution in [2.45, 2.75) is 223 Å². The van der Waals surface area contributed by atoms with Crippen LogP contribution in [0.3, 0.4) is 0 Å². The van der Waals surface area contributed by atoms with Gasteiger partial charge in [-0.25, -0.2) is 14.4 Å². The van der Waals surface area contributed by atoms with Crippen molar-refractivity contribution in [2.75, 3.05) is 66.5 Å². The van der Waals surface area contributed by atoms with Crippen molar-refractivity contribution < 1.29 is 136 Å². The third-order valence-corrected chi connectivity index (χ3v) is 20.7. The Morgan fingerprint density at radius 2 is 1.18 bits per heavy atom. The number of likely N-dealkylation sites (N-methyl/N-ethyl adjacent to an activating group) is 2. The Labute approximate surface area is 660 Å². The van der Waals surface area contributed by atoms with Gasteiger partial charge < -0.3 is 116 Å². The van der Waals surface area contributed by atoms with Crippen molar-refractivity contribution in [1.82, 2.24) is 46.2 Å². The van der Waals surface area contributed by atoms with Crippen LogP contribution in [-0.4, -0.2) is 315 Å². The number of aliphatic hydroxyl groups excluding tert-OH is 6. The fraction of sp³-hybridized carbons (Fsp3) is 0.645. The first-order valence-corrected chi connectivity index (χ1v) is 37.8. The SMILES string of the molecule is CC[C@H](C)[C@@H]([C@@H](CC(=O)N1CCC[C@H]1[C@H](OC)[C@@H](C)C(=O)N[C@@H](Cc1ccccc1)C(=O)NCCCO[C@@H]1O[C@H](C(=O)O)[C@@H](O)[C@H](O)[C@H]1O)OC)N(C)C(=O)[C@@H](NC(=O)[C@H](C(C)C)N(C)C(=O)OCc1ccc(NC(=O)[C@H](CO[C@@H]2O[C@H](C(=O)O)[C@@H](O)[C@H](O)[C@H]2O)NC(=O)[C@@H](NC(=O)CN2C(=O)C=CC2=O)C(C)C)cc1)C(C)C. The minimum atomic E-state index is -2.09. The van der Waals surface area contributed by atoms with E-state index in [1.807, 2.05) is 13.8 Å². The molecule has 3 fully saturated rings. The van der Waals surface area contributed by atoms with Crippen LogP contribution in [0.2, 0.25) is 0 Å². The van der Waals surface area contributed by atoms with Crippen molar-refractivity contribution in [3.63, 3.8) is 0 Å². The highest BCUT2D eigenvalue weighted by molar-refractivity contribution is 6.14. The van der Waals surface area contributed by atoms with Gasteiger partial charge in [0.1, 0.15) is 80.0 Å². The average molecular weight is 1610 g/mol. The second-order valence-electron chi connectivity index (χ2n) is 29.9. The molecule has 0 unspecified atom stereocenters. The summed E-state index contributed by atoms with van der Waals surface area (Å²) in [4.78, 5) is 180. The van der Waals surface area contributed by atoms with Crippen LogP contribution < -0.4 is 31.9 Å². The average Bonchev–Trinajstić information content (AvgIpc) is 1.54. The Bertz CT molecular complexity index is 3650. The van der Waals surface area contributed by atoms with Crippen LogP contribution in [0.25, 0.3) is 0 Å². The number of carbonyl (C=O) groups excluding carboxylic acids is 11. The molecule has 0 radical (unpaired) electrons. The third-order valence-electron chi connectivity index (χ3n) is 20.7. The summed E-state index contributed by atoms with van der Waals surface area (Å²) < 4.78 is 39.2. The topological polar surface area (TPSA) is 534 Å². The zero-order valence-corrected chi connectivity index (χ0v) is 66.2. The van der Waals surface area contributed by atoms with Crippen LogP contribution in [0.15, 0.2) is 66.7 Å². The van der Waals surface area contributed by atoms with E-state index in [0.717, 1.165) is 22.6 Å². The number of benzene rings is 2. The molecule has 114 heavy (non-hydrogen) atoms. The molecular weight excluding hydrogens is 1500 g/mol. The number of ether oxygens (including phenoxy) is 7. The standard InChI is InChI=1S/C76H112N10O28/c1-14-40(8)56(48(108-12)33-52(90)85-30-18-22-47(85)63(109-13)41(9)66(97)79-45(32-42-20-16-15-17-21-42)67(98)77-29-19-31-110-74-61(95)57(91)59(93)64(113-74)72(103)104)83(10)71(102)54(38(4)5)82-70(101)55(39(6)7)84(11)76(107)112-35-43-23-25-44(26-24-43)78-68(99)46(36-111-75-62(96)58(92)60(94)65(114-75)73(105)106)80-69(100)53(37(2)3)81-49(87)34-86-50(88)27-28-51(86)89/h15-17,20-21,23-28,37-41,45-48,53-65,74-75,91-96H,14,18-19,22,29-36H2,1-13H3,(H,77,98)(H,78,99)(H,79,97)(H,80,100)(H,81,87)(H,82,101)(H,103,104)(H,105,106)/t40-,41+,45-,46-,47-,48+,53-,54-,55-,56-,57-,58-,59-,60-,61+,62+,63+,64-,65-,74+,75+/m0/s1. The number of hydrogen-bond acceptors (Lipinski definition) is 26. The van der Waals surface area contributed by atoms with Crippen molar-refractivity contribution >= 4 is 82.8 Å². The number of likely N-dealkylation sites (tertiary alicyclic amines) is 1. The van der Waals surface area contributed by atoms with Crippen molar-refractivity contribution in [1.29, 1.82) is 0 Å². The number of nitrogens with zero attached hydrogens (tertiary/aromatic N) is 4. The highest BCUT2D eigenvalue weighted by atomic mass is 16.7. The zero-order chi connectivity index (χ0) is 84.9. The smallest absolute Gasteiger partial charge is 0.410 e. The van der Waals surface area contributed by atoms with Gasteiger partial charge in [0.2, 0.25) is 47.3 Å². The van der Waals surface area contributed by atoms with Crippen LogP contribution >= 0.6 is 0 Å². The van der Waals surface area contributed by atoms with Crippen molar-refractivity contribution in [2.24, 2.45) is 29.6 Å². The van der Waals surface area contributed by atoms with E-state index >= 15 is 0 Å². The third kappa shape index (κ3) is 24.7. The van der Waals surface area contributed by atoms with Gasteiger partial charge in [0.25, 0.3) is 11.8 Å². The Hall–Kier alpha value is -9.19. The van der Waals surface area contributed by atoms with Crippen LogP contribution in [-0.2, 0) is 104 Å². The Morgan fingerprint density at radius 1 is 0.614 bits per heavy atom. The lowest BCUT2D eigenvalue weighted by molar-refractivity contribution is -0.294. The molecule has 21 atom stereocenters. The maximum absolute atomic E-state index is 15.0. The van der Waals surface area contributed by atoms with Crippen LogP contribution in [0.5, 0.6) is 0 Å². The Balaban J connectivity index is 1.07. The number of methoxy groups -OCH3 is 2. The molecule has 2 aromatic rings. The summed E-state index contributed by atoms with van der Waals surface area (Å²) >= 11 is 0. The molecule has 6 rings (SSSR count). The summed E-state index contributed by atoms with van der Waals surface area (Å²) in [5.74, 6) is -13.3. The number of rotatable bonds is 41. The van der Waals surface area contributed by atoms with Gasteiger partial charge in [0.15, 0.2) is 24.8 Å². The number of anilines is 1. The van der Waals surface area contributed by atoms with Crippen molar-refractivity contribution in [3.8, 4) is 0 Å². The summed E-state index contributed by atoms with van der Waals surface area (Å²) in [5.41, 5.74) is 1.19. The predicted octanol–water partition coefficient (Wildman–Crippen LogP) is -2.12. The van der Waals surface area contributed by atoms with Gasteiger partial charge in [-0.15, -0.1) is 0 Å². The van der Waals surface area contributed by atoms with Gasteiger partial charge in [0.05, 0.1) is 49.8 Å². The lowest BCUT2D eigenvalue weighted by Crippen LogP contribution is -2.61. The number of carbonyl (C=O) groups is 13. The van der Waals surface area contributed by atoms with Crippen LogP contribution in [0, 0.1) is 29.6 Å². The summed E-state index contributed by atoms with van der Waals surface area (Å²) in [6, 6.07) is 6.67. The van der Waals surface area contributed by atoms with Gasteiger partial charge in [-0.3, -0.25) is 57.7 Å². The highest BCUT2D eigenvalue weighted by Gasteiger charge is 2.50. The maximum Gasteiger partial charge on any atom is 0.410 e. The molecule has 4 heterocycles. The van der Waals surface area contributed by atoms with E-state index in [2.05, 4.69) is 31.9 Å². The van der Waals surface area contributed by atoms with Gasteiger partial charge in [-0.2, -0.15) is 0 Å². The number of imide groups is 1. The number of aliphatic carboxylic acids is 2. The summed E-state index contributed by atoms with van der Waals surface area (Å²) in [6.45, 7) is 13.5. The Morgan fingerprint density at radius 3 is 1.72 bits per heavy atom. The number of amides is 11. The fourth-order valence-corrected chi connectivity index (χ4v) is 13.9. The molecule has 14 N–H and O–H groups in total. The fourth-order valence-electron chi connectivity index (χ4n) is 13.9. The van der Waals surface area contributed by atoms with Gasteiger partial charge >= 0.3 is 18.0 Å². The molecule has 3 saturated heterocycles. The molecule has 0 spiro atoms. The zero-order valence-electron chi connectivity index (χ0n) is 66.2. The van der Waals surface area contributed by atoms with Gasteiger partial charge in [-0.05, 0) is 66.2 Å². The summed E-state index contributed by atoms with van der Waals surface area (Å²) in [6.07, 6.45) is -18.5. The van der Waals surface area contributed by atoms with E-state index in [9.17, 15) is 103 Å². The molecule has 11 amide bonds. The second kappa shape index (κ2) is 43.5. The van der Waals surface area contributed by atoms with E-state index in [1.165, 1.54) is 50.4 Å². The molecule has 0 saturated carbocycles. The quantitative estimate of drug-likeness (QED) is 0.0250. The lowest BCUT2D eigenvalue weighted by Gasteiger charge is -2.41. The minimum Gasteiger partial charge on any atom is -0.479 e. The molecule has 0 aliphatic carbocycles. The molecule has 38 heteroatoms. The molecule has 634 valence electrons. The molecule has 38 nitrogen and oxygen atoms in total. The number of hydrogen-bond donors (Lipinski definition) is 14. The summed E-state index contributed by atoms with van der Waals surface area (Å²) in [5, 5.41) is 96.8. The highest BCUT2D eigenvalue weighted by Crippen LogP contribution is 2.32. The molecule has 0 bridgehead atoms. The molecule has 4 aliphatic heterocycles. The number of nitrogens with one attached hydrogen (secondary N) is 6. The number of carboxylic acids is 2. The molecule has 0 aromatic heterocycles. The molecule has 4 aliphatic rings. The largest absolute Gasteiger partial charge is 0.479 e. The van der Waals surface area contributed by atoms with Crippen LogP contribution in [0.1, 0.15) is 106 Å². The van der Waals surface area contributed by atoms with E-state index in [4.69, 9.17) is 33.2 Å². The minimum absolute atomic E-state index is 0.00691. The molecular formula is C76H112N10O28. The summed E-state index contributed by atoms with van der Waals surface area (Å²) in [7, 11) is 5.77. The van der Waals surface area contributed by atoms with E-state index < -0.39 is 224 Å². The maximum atomic E-state index is 15.0. The number of aliphatic hydroxyl groups is 6. The van der Waals surface area contributed by atoms with E-state index in [0.29, 0.717) is 36.3 Å². The van der Waals surface area contributed by atoms with Gasteiger partial charge in [0, 0.05) is 65.7 Å². The van der Waals surface area contributed by atoms with E-state index in [-0.39, 0.29) is 56.5 Å². The first kappa shape index (κ1) is 93.7. The predicted molar refractivity (Wildman–Crippen MR) is 399 cm³/mol.